The molecule has 5 nitrogen and oxygen atoms in total. The van der Waals surface area contributed by atoms with Crippen molar-refractivity contribution in [3.05, 3.63) is 99.8 Å². The largest absolute Gasteiger partial charge is 0.372 e. The molecule has 3 aromatic carbocycles. The number of carbonyl (C=O) groups is 1. The lowest BCUT2D eigenvalue weighted by molar-refractivity contribution is -0.182. The molecule has 0 saturated carbocycles. The van der Waals surface area contributed by atoms with Crippen molar-refractivity contribution in [3.8, 4) is 0 Å². The maximum absolute atomic E-state index is 12.7. The van der Waals surface area contributed by atoms with Gasteiger partial charge in [-0.3, -0.25) is 4.89 Å². The first kappa shape index (κ1) is 22.8. The smallest absolute Gasteiger partial charge is 0.296 e. The van der Waals surface area contributed by atoms with E-state index in [0.717, 1.165) is 0 Å². The summed E-state index contributed by atoms with van der Waals surface area (Å²) >= 11 is 11.3. The van der Waals surface area contributed by atoms with E-state index in [1.54, 1.807) is 12.1 Å². The first-order valence-electron chi connectivity index (χ1n) is 8.05. The van der Waals surface area contributed by atoms with Gasteiger partial charge in [-0.15, -0.1) is 0 Å². The van der Waals surface area contributed by atoms with Gasteiger partial charge in [-0.2, -0.15) is 5.26 Å². The summed E-state index contributed by atoms with van der Waals surface area (Å²) in [5.41, 5.74) is 0.770. The van der Waals surface area contributed by atoms with E-state index >= 15 is 0 Å². The Hall–Kier alpha value is -2.45. The molecule has 0 unspecified atom stereocenters. The molecule has 0 bridgehead atoms. The van der Waals surface area contributed by atoms with Gasteiger partial charge in [0.1, 0.15) is 5.82 Å². The molecule has 1 N–H and O–H groups in total. The zero-order valence-corrected chi connectivity index (χ0v) is 17.1. The molecule has 0 fully saturated rings. The van der Waals surface area contributed by atoms with Gasteiger partial charge in [-0.25, -0.2) is 17.6 Å². The van der Waals surface area contributed by atoms with Crippen LogP contribution in [0.5, 0.6) is 0 Å². The summed E-state index contributed by atoms with van der Waals surface area (Å²) in [4.78, 5) is 14.3. The highest BCUT2D eigenvalue weighted by molar-refractivity contribution is 7.90. The summed E-state index contributed by atoms with van der Waals surface area (Å²) in [7, 11) is -3.42. The Labute approximate surface area is 177 Å². The van der Waals surface area contributed by atoms with Crippen molar-refractivity contribution >= 4 is 39.0 Å². The summed E-state index contributed by atoms with van der Waals surface area (Å²) < 4.78 is 36.8. The van der Waals surface area contributed by atoms with Gasteiger partial charge in [0.15, 0.2) is 9.84 Å². The maximum Gasteiger partial charge on any atom is 0.372 e. The highest BCUT2D eigenvalue weighted by atomic mass is 35.5. The molecule has 0 aliphatic heterocycles. The van der Waals surface area contributed by atoms with Crippen LogP contribution in [0.25, 0.3) is 0 Å². The maximum atomic E-state index is 12.7. The molecule has 152 valence electrons. The molecule has 0 saturated heterocycles. The van der Waals surface area contributed by atoms with Crippen LogP contribution in [0.3, 0.4) is 0 Å². The van der Waals surface area contributed by atoms with E-state index in [1.165, 1.54) is 60.7 Å². The van der Waals surface area contributed by atoms with Gasteiger partial charge in [0.25, 0.3) is 0 Å². The first-order valence-corrected chi connectivity index (χ1v) is 10.5. The van der Waals surface area contributed by atoms with Crippen LogP contribution < -0.4 is 0 Å². The van der Waals surface area contributed by atoms with Crippen LogP contribution in [0.1, 0.15) is 15.9 Å². The van der Waals surface area contributed by atoms with Gasteiger partial charge in [0, 0.05) is 10.0 Å². The molecule has 29 heavy (non-hydrogen) atoms. The van der Waals surface area contributed by atoms with Crippen molar-refractivity contribution in [3.63, 3.8) is 0 Å². The van der Waals surface area contributed by atoms with E-state index in [4.69, 9.17) is 28.5 Å². The van der Waals surface area contributed by atoms with Gasteiger partial charge >= 0.3 is 5.97 Å². The third kappa shape index (κ3) is 7.14. The van der Waals surface area contributed by atoms with Crippen molar-refractivity contribution in [2.75, 3.05) is 0 Å². The van der Waals surface area contributed by atoms with Crippen LogP contribution in [0.2, 0.25) is 10.0 Å². The highest BCUT2D eigenvalue weighted by Crippen LogP contribution is 2.19. The van der Waals surface area contributed by atoms with Crippen LogP contribution in [0.15, 0.2) is 77.7 Å². The summed E-state index contributed by atoms with van der Waals surface area (Å²) in [6, 6.07) is 17.5. The van der Waals surface area contributed by atoms with Gasteiger partial charge < -0.3 is 0 Å². The Balaban J connectivity index is 0.000000234. The Bertz CT molecular complexity index is 1070. The minimum Gasteiger partial charge on any atom is -0.296 e. The zero-order valence-electron chi connectivity index (χ0n) is 14.8. The minimum absolute atomic E-state index is 0.158. The second-order valence-corrected chi connectivity index (χ2v) is 8.59. The first-order chi connectivity index (χ1) is 13.7. The molecule has 3 aromatic rings. The monoisotopic (exact) mass is 456 g/mol. The van der Waals surface area contributed by atoms with Gasteiger partial charge in [0.05, 0.1) is 16.2 Å². The molecule has 0 spiro atoms. The van der Waals surface area contributed by atoms with Crippen LogP contribution >= 0.6 is 23.2 Å². The third-order valence-electron chi connectivity index (χ3n) is 3.59. The van der Waals surface area contributed by atoms with Crippen molar-refractivity contribution in [1.29, 1.82) is 0 Å². The highest BCUT2D eigenvalue weighted by Gasteiger charge is 2.15. The molecule has 0 atom stereocenters. The molecular formula is C20H15Cl2FO5S. The molecule has 0 aliphatic carbocycles. The number of rotatable bonds is 4. The number of halogens is 3. The fourth-order valence-corrected chi connectivity index (χ4v) is 3.86. The lowest BCUT2D eigenvalue weighted by Gasteiger charge is -2.04. The summed E-state index contributed by atoms with van der Waals surface area (Å²) in [5.74, 6) is -1.36. The minimum atomic E-state index is -3.42. The van der Waals surface area contributed by atoms with E-state index in [-0.39, 0.29) is 22.0 Å². The van der Waals surface area contributed by atoms with E-state index in [2.05, 4.69) is 4.89 Å². The third-order valence-corrected chi connectivity index (χ3v) is 5.78. The predicted molar refractivity (Wildman–Crippen MR) is 108 cm³/mol. The molecule has 0 aromatic heterocycles. The normalized spacial score (nSPS) is 10.6. The molecule has 0 heterocycles. The van der Waals surface area contributed by atoms with Crippen molar-refractivity contribution in [1.82, 2.24) is 0 Å². The summed E-state index contributed by atoms with van der Waals surface area (Å²) in [6.45, 7) is 0. The lowest BCUT2D eigenvalue weighted by Crippen LogP contribution is -2.04. The number of hydrogen-bond donors (Lipinski definition) is 1. The van der Waals surface area contributed by atoms with E-state index < -0.39 is 15.8 Å². The van der Waals surface area contributed by atoms with Crippen molar-refractivity contribution < 1.29 is 27.7 Å². The molecule has 9 heteroatoms. The van der Waals surface area contributed by atoms with Gasteiger partial charge in [0.2, 0.25) is 0 Å². The lowest BCUT2D eigenvalue weighted by atomic mass is 10.2. The standard InChI is InChI=1S/C13H10ClFO2S.C7H5ClO3/c14-11-3-7-13(8-4-11)18(16,17)9-10-1-5-12(15)6-2-10;8-6-3-1-2-5(4-6)7(9)11-10/h1-8H,9H2;1-4,10H. The molecule has 0 aliphatic rings. The summed E-state index contributed by atoms with van der Waals surface area (Å²) in [5, 5.41) is 8.89. The van der Waals surface area contributed by atoms with E-state index in [0.29, 0.717) is 15.6 Å². The molecule has 3 rings (SSSR count). The number of sulfone groups is 1. The van der Waals surface area contributed by atoms with E-state index in [9.17, 15) is 17.6 Å². The SMILES string of the molecule is O=C(OO)c1cccc(Cl)c1.O=S(=O)(Cc1ccc(F)cc1)c1ccc(Cl)cc1. The van der Waals surface area contributed by atoms with Gasteiger partial charge in [-0.05, 0) is 60.2 Å². The Morgan fingerprint density at radius 3 is 2.10 bits per heavy atom. The fraction of sp³-hybridized carbons (Fsp3) is 0.0500. The fourth-order valence-electron chi connectivity index (χ4n) is 2.19. The predicted octanol–water partition coefficient (Wildman–Crippen LogP) is 5.42. The van der Waals surface area contributed by atoms with Gasteiger partial charge in [-0.1, -0.05) is 41.4 Å². The quantitative estimate of drug-likeness (QED) is 0.418. The number of benzene rings is 3. The van der Waals surface area contributed by atoms with Crippen molar-refractivity contribution in [2.45, 2.75) is 10.6 Å². The van der Waals surface area contributed by atoms with Crippen LogP contribution in [0, 0.1) is 5.82 Å². The Kier molecular flexibility index (Phi) is 8.16. The number of carbonyl (C=O) groups excluding carboxylic acids is 1. The Morgan fingerprint density at radius 1 is 0.931 bits per heavy atom. The topological polar surface area (TPSA) is 80.7 Å². The number of hydrogen-bond acceptors (Lipinski definition) is 5. The Morgan fingerprint density at radius 2 is 1.55 bits per heavy atom. The van der Waals surface area contributed by atoms with Crippen LogP contribution in [0.4, 0.5) is 4.39 Å². The second-order valence-electron chi connectivity index (χ2n) is 5.73. The summed E-state index contributed by atoms with van der Waals surface area (Å²) in [6.07, 6.45) is 0. The van der Waals surface area contributed by atoms with E-state index in [1.807, 2.05) is 0 Å². The van der Waals surface area contributed by atoms with Crippen LogP contribution in [-0.4, -0.2) is 19.6 Å². The molecular weight excluding hydrogens is 442 g/mol. The average Bonchev–Trinajstić information content (AvgIpc) is 2.70. The molecule has 0 radical (unpaired) electrons. The second kappa shape index (κ2) is 10.4. The zero-order chi connectivity index (χ0) is 21.4. The van der Waals surface area contributed by atoms with Crippen LogP contribution in [-0.2, 0) is 20.5 Å². The average molecular weight is 457 g/mol. The molecule has 0 amide bonds. The van der Waals surface area contributed by atoms with Crippen molar-refractivity contribution in [2.24, 2.45) is 0 Å².